The number of nitrogens with zero attached hydrogens (tertiary/aromatic N) is 2. The summed E-state index contributed by atoms with van der Waals surface area (Å²) in [6, 6.07) is 11.0. The number of piperidine rings is 1. The first-order valence-corrected chi connectivity index (χ1v) is 8.27. The van der Waals surface area contributed by atoms with E-state index < -0.39 is 0 Å². The molecule has 2 unspecified atom stereocenters. The Morgan fingerprint density at radius 3 is 2.73 bits per heavy atom. The van der Waals surface area contributed by atoms with Crippen LogP contribution in [0.5, 0.6) is 0 Å². The third kappa shape index (κ3) is 2.57. The summed E-state index contributed by atoms with van der Waals surface area (Å²) in [5.41, 5.74) is 1.22. The van der Waals surface area contributed by atoms with Gasteiger partial charge in [0.25, 0.3) is 5.56 Å². The third-order valence-corrected chi connectivity index (χ3v) is 5.35. The van der Waals surface area contributed by atoms with E-state index >= 15 is 0 Å². The highest BCUT2D eigenvalue weighted by atomic mass is 79.9. The number of rotatable bonds is 4. The van der Waals surface area contributed by atoms with Crippen LogP contribution in [0, 0.1) is 11.8 Å². The number of halogens is 1. The second kappa shape index (κ2) is 5.52. The lowest BCUT2D eigenvalue weighted by atomic mass is 10.2. The highest BCUT2D eigenvalue weighted by Gasteiger charge is 2.55. The fraction of sp³-hybridized carbons (Fsp3) is 0.375. The zero-order valence-electron chi connectivity index (χ0n) is 12.0. The van der Waals surface area contributed by atoms with E-state index in [9.17, 15) is 4.79 Å². The standard InChI is InChI=1S/C16H17BrN4O/c17-13-15(18-9-19-16(13)22)20-14-11-7-21(8-12(11)14)6-10-4-2-1-3-5-10/h1-5,9,11-12,14H,6-8H2,(H2,18,19,20,22). The lowest BCUT2D eigenvalue weighted by Gasteiger charge is -2.20. The average molecular weight is 361 g/mol. The number of hydrogen-bond acceptors (Lipinski definition) is 4. The van der Waals surface area contributed by atoms with Crippen LogP contribution in [0.15, 0.2) is 45.9 Å². The average Bonchev–Trinajstić information content (AvgIpc) is 2.97. The van der Waals surface area contributed by atoms with E-state index in [1.54, 1.807) is 0 Å². The van der Waals surface area contributed by atoms with E-state index in [1.807, 2.05) is 0 Å². The van der Waals surface area contributed by atoms with Gasteiger partial charge in [-0.25, -0.2) is 4.98 Å². The van der Waals surface area contributed by atoms with Crippen LogP contribution < -0.4 is 10.9 Å². The Morgan fingerprint density at radius 2 is 2.00 bits per heavy atom. The van der Waals surface area contributed by atoms with E-state index in [0.29, 0.717) is 28.2 Å². The summed E-state index contributed by atoms with van der Waals surface area (Å²) < 4.78 is 0.487. The first kappa shape index (κ1) is 14.0. The molecular formula is C16H17BrN4O. The molecule has 1 aliphatic carbocycles. The molecule has 0 spiro atoms. The fourth-order valence-electron chi connectivity index (χ4n) is 3.44. The maximum absolute atomic E-state index is 11.6. The molecule has 0 bridgehead atoms. The molecule has 22 heavy (non-hydrogen) atoms. The second-order valence-corrected chi connectivity index (χ2v) is 6.86. The monoisotopic (exact) mass is 360 g/mol. The Kier molecular flexibility index (Phi) is 3.50. The Bertz CT molecular complexity index is 720. The van der Waals surface area contributed by atoms with Gasteiger partial charge < -0.3 is 10.3 Å². The topological polar surface area (TPSA) is 61.0 Å². The summed E-state index contributed by atoms with van der Waals surface area (Å²) in [5.74, 6) is 1.98. The zero-order chi connectivity index (χ0) is 15.1. The van der Waals surface area contributed by atoms with E-state index in [4.69, 9.17) is 0 Å². The Balaban J connectivity index is 1.35. The van der Waals surface area contributed by atoms with Gasteiger partial charge in [0.05, 0.1) is 6.33 Å². The number of aromatic nitrogens is 2. The lowest BCUT2D eigenvalue weighted by Crippen LogP contribution is -2.28. The van der Waals surface area contributed by atoms with Gasteiger partial charge in [0.1, 0.15) is 10.3 Å². The molecule has 6 heteroatoms. The van der Waals surface area contributed by atoms with Crippen molar-refractivity contribution in [1.82, 2.24) is 14.9 Å². The predicted molar refractivity (Wildman–Crippen MR) is 88.7 cm³/mol. The Morgan fingerprint density at radius 1 is 1.27 bits per heavy atom. The normalized spacial score (nSPS) is 26.7. The van der Waals surface area contributed by atoms with Crippen LogP contribution in [-0.2, 0) is 6.54 Å². The number of fused-ring (bicyclic) bond motifs is 1. The molecule has 114 valence electrons. The summed E-state index contributed by atoms with van der Waals surface area (Å²) in [5, 5.41) is 3.41. The first-order chi connectivity index (χ1) is 10.7. The molecular weight excluding hydrogens is 344 g/mol. The van der Waals surface area contributed by atoms with Crippen LogP contribution in [0.1, 0.15) is 5.56 Å². The van der Waals surface area contributed by atoms with Gasteiger partial charge >= 0.3 is 0 Å². The van der Waals surface area contributed by atoms with Gasteiger partial charge in [-0.1, -0.05) is 30.3 Å². The molecule has 2 fully saturated rings. The van der Waals surface area contributed by atoms with Gasteiger partial charge in [-0.3, -0.25) is 9.69 Å². The molecule has 1 aliphatic heterocycles. The number of hydrogen-bond donors (Lipinski definition) is 2. The summed E-state index contributed by atoms with van der Waals surface area (Å²) >= 11 is 3.29. The molecule has 2 aromatic rings. The Hall–Kier alpha value is -1.66. The predicted octanol–water partition coefficient (Wildman–Crippen LogP) is 2.07. The lowest BCUT2D eigenvalue weighted by molar-refractivity contribution is 0.292. The fourth-order valence-corrected chi connectivity index (χ4v) is 3.77. The van der Waals surface area contributed by atoms with Crippen LogP contribution in [0.25, 0.3) is 0 Å². The number of H-pyrrole nitrogens is 1. The molecule has 1 saturated heterocycles. The first-order valence-electron chi connectivity index (χ1n) is 7.48. The highest BCUT2D eigenvalue weighted by Crippen LogP contribution is 2.47. The van der Waals surface area contributed by atoms with Crippen molar-refractivity contribution in [2.24, 2.45) is 11.8 Å². The van der Waals surface area contributed by atoms with Crippen molar-refractivity contribution in [3.05, 3.63) is 57.0 Å². The van der Waals surface area contributed by atoms with Crippen LogP contribution in [-0.4, -0.2) is 34.0 Å². The van der Waals surface area contributed by atoms with Crippen LogP contribution in [0.4, 0.5) is 5.82 Å². The zero-order valence-corrected chi connectivity index (χ0v) is 13.6. The Labute approximate surface area is 136 Å². The molecule has 2 N–H and O–H groups in total. The molecule has 1 aromatic heterocycles. The molecule has 0 radical (unpaired) electrons. The van der Waals surface area contributed by atoms with Crippen LogP contribution in [0.2, 0.25) is 0 Å². The summed E-state index contributed by atoms with van der Waals surface area (Å²) in [6.45, 7) is 3.24. The largest absolute Gasteiger partial charge is 0.365 e. The summed E-state index contributed by atoms with van der Waals surface area (Å²) in [6.07, 6.45) is 1.44. The van der Waals surface area contributed by atoms with E-state index in [-0.39, 0.29) is 5.56 Å². The molecule has 2 atom stereocenters. The second-order valence-electron chi connectivity index (χ2n) is 6.07. The van der Waals surface area contributed by atoms with E-state index in [2.05, 4.69) is 66.4 Å². The number of nitrogens with one attached hydrogen (secondary N) is 2. The molecule has 5 nitrogen and oxygen atoms in total. The highest BCUT2D eigenvalue weighted by molar-refractivity contribution is 9.10. The minimum Gasteiger partial charge on any atom is -0.365 e. The van der Waals surface area contributed by atoms with Crippen molar-refractivity contribution in [3.8, 4) is 0 Å². The van der Waals surface area contributed by atoms with Gasteiger partial charge in [0.2, 0.25) is 0 Å². The third-order valence-electron chi connectivity index (χ3n) is 4.62. The van der Waals surface area contributed by atoms with E-state index in [1.165, 1.54) is 11.9 Å². The minimum absolute atomic E-state index is 0.144. The molecule has 1 saturated carbocycles. The van der Waals surface area contributed by atoms with Crippen molar-refractivity contribution in [3.63, 3.8) is 0 Å². The summed E-state index contributed by atoms with van der Waals surface area (Å²) in [4.78, 5) is 20.8. The van der Waals surface area contributed by atoms with Gasteiger partial charge in [0.15, 0.2) is 0 Å². The van der Waals surface area contributed by atoms with Gasteiger partial charge in [-0.2, -0.15) is 0 Å². The number of aromatic amines is 1. The van der Waals surface area contributed by atoms with Crippen LogP contribution >= 0.6 is 15.9 Å². The van der Waals surface area contributed by atoms with Gasteiger partial charge in [0, 0.05) is 25.7 Å². The molecule has 0 amide bonds. The SMILES string of the molecule is O=c1[nH]cnc(NC2C3CN(Cc4ccccc4)CC32)c1Br. The smallest absolute Gasteiger partial charge is 0.267 e. The quantitative estimate of drug-likeness (QED) is 0.876. The van der Waals surface area contributed by atoms with Crippen molar-refractivity contribution in [2.75, 3.05) is 18.4 Å². The van der Waals surface area contributed by atoms with Gasteiger partial charge in [-0.15, -0.1) is 0 Å². The number of likely N-dealkylation sites (tertiary alicyclic amines) is 1. The van der Waals surface area contributed by atoms with Crippen molar-refractivity contribution < 1.29 is 0 Å². The molecule has 1 aromatic carbocycles. The maximum atomic E-state index is 11.6. The number of anilines is 1. The van der Waals surface area contributed by atoms with Crippen LogP contribution in [0.3, 0.4) is 0 Å². The molecule has 2 aliphatic rings. The maximum Gasteiger partial charge on any atom is 0.267 e. The molecule has 2 heterocycles. The van der Waals surface area contributed by atoms with Crippen molar-refractivity contribution in [1.29, 1.82) is 0 Å². The van der Waals surface area contributed by atoms with E-state index in [0.717, 1.165) is 19.6 Å². The molecule has 4 rings (SSSR count). The van der Waals surface area contributed by atoms with Gasteiger partial charge in [-0.05, 0) is 33.3 Å². The minimum atomic E-state index is -0.144. The van der Waals surface area contributed by atoms with Crippen molar-refractivity contribution >= 4 is 21.7 Å². The number of benzene rings is 1. The van der Waals surface area contributed by atoms with Crippen molar-refractivity contribution in [2.45, 2.75) is 12.6 Å². The summed E-state index contributed by atoms with van der Waals surface area (Å²) in [7, 11) is 0.